The number of anilines is 1. The van der Waals surface area contributed by atoms with Crippen LogP contribution in [0.5, 0.6) is 5.75 Å². The van der Waals surface area contributed by atoms with E-state index in [1.54, 1.807) is 31.2 Å². The van der Waals surface area contributed by atoms with E-state index < -0.39 is 11.7 Å². The topological polar surface area (TPSA) is 68.5 Å². The lowest BCUT2D eigenvalue weighted by Gasteiger charge is -2.15. The van der Waals surface area contributed by atoms with E-state index in [9.17, 15) is 9.59 Å². The molecule has 0 saturated carbocycles. The Morgan fingerprint density at radius 1 is 1.08 bits per heavy atom. The Morgan fingerprint density at radius 2 is 1.88 bits per heavy atom. The summed E-state index contributed by atoms with van der Waals surface area (Å²) in [5.41, 5.74) is 3.47. The maximum atomic E-state index is 12.4. The highest BCUT2D eigenvalue weighted by atomic mass is 16.5. The number of rotatable bonds is 4. The molecule has 26 heavy (non-hydrogen) atoms. The number of aryl methyl sites for hydroxylation is 2. The second-order valence-electron chi connectivity index (χ2n) is 6.54. The maximum Gasteiger partial charge on any atom is 0.336 e. The molecule has 0 radical (unpaired) electrons. The fourth-order valence-electron chi connectivity index (χ4n) is 3.27. The quantitative estimate of drug-likeness (QED) is 0.730. The molecule has 0 fully saturated rings. The zero-order valence-electron chi connectivity index (χ0n) is 14.5. The summed E-state index contributed by atoms with van der Waals surface area (Å²) in [5, 5.41) is 3.70. The number of hydrogen-bond donors (Lipinski definition) is 1. The largest absolute Gasteiger partial charge is 0.481 e. The van der Waals surface area contributed by atoms with E-state index in [4.69, 9.17) is 9.15 Å². The first-order valence-electron chi connectivity index (χ1n) is 8.72. The summed E-state index contributed by atoms with van der Waals surface area (Å²) >= 11 is 0. The Morgan fingerprint density at radius 3 is 2.77 bits per heavy atom. The van der Waals surface area contributed by atoms with Crippen LogP contribution in [0.25, 0.3) is 11.0 Å². The van der Waals surface area contributed by atoms with E-state index in [-0.39, 0.29) is 5.91 Å². The second kappa shape index (κ2) is 6.67. The lowest BCUT2D eigenvalue weighted by molar-refractivity contribution is -0.122. The van der Waals surface area contributed by atoms with E-state index in [2.05, 4.69) is 11.4 Å². The lowest BCUT2D eigenvalue weighted by atomic mass is 10.1. The number of carbonyl (C=O) groups is 1. The van der Waals surface area contributed by atoms with Crippen molar-refractivity contribution in [2.24, 2.45) is 0 Å². The molecule has 0 spiro atoms. The minimum Gasteiger partial charge on any atom is -0.481 e. The SMILES string of the molecule is C[C@H](Oc1ccc2ccc(=O)oc2c1)C(=O)Nc1ccc2c(c1)CCC2. The molecule has 1 amide bonds. The molecule has 5 nitrogen and oxygen atoms in total. The highest BCUT2D eigenvalue weighted by Crippen LogP contribution is 2.25. The summed E-state index contributed by atoms with van der Waals surface area (Å²) < 4.78 is 10.9. The van der Waals surface area contributed by atoms with Crippen LogP contribution in [0, 0.1) is 0 Å². The van der Waals surface area contributed by atoms with E-state index in [0.717, 1.165) is 23.9 Å². The first-order chi connectivity index (χ1) is 12.6. The number of carbonyl (C=O) groups excluding carboxylic acids is 1. The first kappa shape index (κ1) is 16.4. The summed E-state index contributed by atoms with van der Waals surface area (Å²) in [5.74, 6) is 0.251. The Balaban J connectivity index is 1.46. The van der Waals surface area contributed by atoms with Gasteiger partial charge in [0.1, 0.15) is 11.3 Å². The predicted octanol–water partition coefficient (Wildman–Crippen LogP) is 3.69. The molecule has 4 rings (SSSR count). The van der Waals surface area contributed by atoms with Crippen LogP contribution in [0.2, 0.25) is 0 Å². The van der Waals surface area contributed by atoms with Crippen molar-refractivity contribution in [3.8, 4) is 5.75 Å². The summed E-state index contributed by atoms with van der Waals surface area (Å²) in [6.07, 6.45) is 2.66. The average molecular weight is 349 g/mol. The summed E-state index contributed by atoms with van der Waals surface area (Å²) in [7, 11) is 0. The van der Waals surface area contributed by atoms with E-state index >= 15 is 0 Å². The Kier molecular flexibility index (Phi) is 4.21. The highest BCUT2D eigenvalue weighted by molar-refractivity contribution is 5.94. The van der Waals surface area contributed by atoms with Gasteiger partial charge in [-0.25, -0.2) is 4.79 Å². The molecule has 3 aromatic rings. The zero-order valence-corrected chi connectivity index (χ0v) is 14.5. The van der Waals surface area contributed by atoms with Gasteiger partial charge in [-0.05, 0) is 67.6 Å². The van der Waals surface area contributed by atoms with Crippen molar-refractivity contribution >= 4 is 22.6 Å². The lowest BCUT2D eigenvalue weighted by Crippen LogP contribution is -2.30. The van der Waals surface area contributed by atoms with Gasteiger partial charge in [-0.2, -0.15) is 0 Å². The molecule has 1 N–H and O–H groups in total. The Labute approximate surface area is 150 Å². The molecule has 2 aromatic carbocycles. The van der Waals surface area contributed by atoms with Gasteiger partial charge in [0.15, 0.2) is 6.10 Å². The summed E-state index contributed by atoms with van der Waals surface area (Å²) in [4.78, 5) is 23.8. The van der Waals surface area contributed by atoms with Crippen molar-refractivity contribution in [1.29, 1.82) is 0 Å². The minimum absolute atomic E-state index is 0.224. The van der Waals surface area contributed by atoms with Gasteiger partial charge in [0.05, 0.1) is 0 Å². The monoisotopic (exact) mass is 349 g/mol. The molecule has 1 heterocycles. The number of nitrogens with one attached hydrogen (secondary N) is 1. The van der Waals surface area contributed by atoms with Crippen LogP contribution in [0.3, 0.4) is 0 Å². The van der Waals surface area contributed by atoms with Crippen molar-refractivity contribution < 1.29 is 13.9 Å². The maximum absolute atomic E-state index is 12.4. The van der Waals surface area contributed by atoms with E-state index in [0.29, 0.717) is 11.3 Å². The third-order valence-electron chi connectivity index (χ3n) is 4.64. The van der Waals surface area contributed by atoms with Crippen LogP contribution >= 0.6 is 0 Å². The van der Waals surface area contributed by atoms with Gasteiger partial charge in [0, 0.05) is 23.2 Å². The molecule has 0 bridgehead atoms. The Hall–Kier alpha value is -3.08. The van der Waals surface area contributed by atoms with E-state index in [1.807, 2.05) is 12.1 Å². The third-order valence-corrected chi connectivity index (χ3v) is 4.64. The standard InChI is InChI=1S/C21H19NO4/c1-13(21(24)22-17-8-5-14-3-2-4-16(14)11-17)25-18-9-6-15-7-10-20(23)26-19(15)12-18/h5-13H,2-4H2,1H3,(H,22,24)/t13-/m0/s1. The number of ether oxygens (including phenoxy) is 1. The number of hydrogen-bond acceptors (Lipinski definition) is 4. The van der Waals surface area contributed by atoms with Crippen LogP contribution in [0.15, 0.2) is 57.7 Å². The van der Waals surface area contributed by atoms with Crippen LogP contribution in [0.4, 0.5) is 5.69 Å². The number of amides is 1. The molecule has 132 valence electrons. The van der Waals surface area contributed by atoms with Crippen LogP contribution < -0.4 is 15.7 Å². The fourth-order valence-corrected chi connectivity index (χ4v) is 3.27. The first-order valence-corrected chi connectivity index (χ1v) is 8.72. The van der Waals surface area contributed by atoms with Crippen LogP contribution in [-0.4, -0.2) is 12.0 Å². The summed E-state index contributed by atoms with van der Waals surface area (Å²) in [6, 6.07) is 14.3. The molecule has 1 atom stereocenters. The molecule has 0 unspecified atom stereocenters. The third kappa shape index (κ3) is 3.33. The fraction of sp³-hybridized carbons (Fsp3) is 0.238. The van der Waals surface area contributed by atoms with Crippen LogP contribution in [0.1, 0.15) is 24.5 Å². The second-order valence-corrected chi connectivity index (χ2v) is 6.54. The van der Waals surface area contributed by atoms with Gasteiger partial charge >= 0.3 is 5.63 Å². The van der Waals surface area contributed by atoms with Gasteiger partial charge < -0.3 is 14.5 Å². The van der Waals surface area contributed by atoms with Crippen LogP contribution in [-0.2, 0) is 17.6 Å². The molecule has 1 aromatic heterocycles. The van der Waals surface area contributed by atoms with Crippen molar-refractivity contribution in [2.75, 3.05) is 5.32 Å². The number of fused-ring (bicyclic) bond motifs is 2. The van der Waals surface area contributed by atoms with Gasteiger partial charge in [-0.15, -0.1) is 0 Å². The van der Waals surface area contributed by atoms with Gasteiger partial charge in [0.2, 0.25) is 0 Å². The van der Waals surface area contributed by atoms with Crippen molar-refractivity contribution in [2.45, 2.75) is 32.3 Å². The Bertz CT molecular complexity index is 1040. The molecule has 0 saturated heterocycles. The van der Waals surface area contributed by atoms with E-state index in [1.165, 1.54) is 23.6 Å². The minimum atomic E-state index is -0.684. The molecule has 1 aliphatic carbocycles. The average Bonchev–Trinajstić information content (AvgIpc) is 3.09. The molecule has 5 heteroatoms. The summed E-state index contributed by atoms with van der Waals surface area (Å²) in [6.45, 7) is 1.69. The molecule has 0 aliphatic heterocycles. The molecular formula is C21H19NO4. The van der Waals surface area contributed by atoms with Crippen molar-refractivity contribution in [1.82, 2.24) is 0 Å². The van der Waals surface area contributed by atoms with Crippen molar-refractivity contribution in [3.05, 3.63) is 70.1 Å². The van der Waals surface area contributed by atoms with Gasteiger partial charge in [0.25, 0.3) is 5.91 Å². The van der Waals surface area contributed by atoms with Gasteiger partial charge in [-0.1, -0.05) is 6.07 Å². The number of benzene rings is 2. The zero-order chi connectivity index (χ0) is 18.1. The molecular weight excluding hydrogens is 330 g/mol. The smallest absolute Gasteiger partial charge is 0.336 e. The normalized spacial score (nSPS) is 14.0. The highest BCUT2D eigenvalue weighted by Gasteiger charge is 2.17. The van der Waals surface area contributed by atoms with Gasteiger partial charge in [-0.3, -0.25) is 4.79 Å². The molecule has 1 aliphatic rings. The van der Waals surface area contributed by atoms with Crippen molar-refractivity contribution in [3.63, 3.8) is 0 Å². The predicted molar refractivity (Wildman–Crippen MR) is 99.7 cm³/mol.